The van der Waals surface area contributed by atoms with Crippen LogP contribution in [0.1, 0.15) is 51.5 Å². The van der Waals surface area contributed by atoms with Crippen molar-refractivity contribution in [1.82, 2.24) is 5.32 Å². The zero-order valence-electron chi connectivity index (χ0n) is 12.3. The molecule has 19 heavy (non-hydrogen) atoms. The van der Waals surface area contributed by atoms with Gasteiger partial charge in [0.1, 0.15) is 11.9 Å². The van der Waals surface area contributed by atoms with Crippen molar-refractivity contribution >= 4 is 0 Å². The molecule has 1 aromatic carbocycles. The Hall–Kier alpha value is -1.02. The maximum absolute atomic E-state index is 6.28. The molecule has 106 valence electrons. The van der Waals surface area contributed by atoms with E-state index in [2.05, 4.69) is 43.4 Å². The Morgan fingerprint density at radius 3 is 2.79 bits per heavy atom. The van der Waals surface area contributed by atoms with Gasteiger partial charge in [-0.2, -0.15) is 0 Å². The third kappa shape index (κ3) is 4.24. The van der Waals surface area contributed by atoms with Crippen LogP contribution in [0, 0.1) is 0 Å². The van der Waals surface area contributed by atoms with E-state index in [0.29, 0.717) is 12.1 Å². The lowest BCUT2D eigenvalue weighted by atomic mass is 10.1. The lowest BCUT2D eigenvalue weighted by Crippen LogP contribution is -2.42. The highest BCUT2D eigenvalue weighted by Gasteiger charge is 2.24. The highest BCUT2D eigenvalue weighted by Crippen LogP contribution is 2.24. The first-order chi connectivity index (χ1) is 9.33. The van der Waals surface area contributed by atoms with Gasteiger partial charge in [-0.15, -0.1) is 0 Å². The minimum Gasteiger partial charge on any atom is -0.489 e. The third-order valence-corrected chi connectivity index (χ3v) is 4.01. The van der Waals surface area contributed by atoms with Gasteiger partial charge in [-0.1, -0.05) is 38.8 Å². The van der Waals surface area contributed by atoms with Crippen LogP contribution in [0.15, 0.2) is 24.3 Å². The summed E-state index contributed by atoms with van der Waals surface area (Å²) in [7, 11) is 0. The summed E-state index contributed by atoms with van der Waals surface area (Å²) in [5, 5.41) is 3.60. The van der Waals surface area contributed by atoms with E-state index in [4.69, 9.17) is 4.74 Å². The smallest absolute Gasteiger partial charge is 0.120 e. The highest BCUT2D eigenvalue weighted by atomic mass is 16.5. The molecule has 0 aliphatic heterocycles. The number of aryl methyl sites for hydroxylation is 1. The number of rotatable bonds is 5. The topological polar surface area (TPSA) is 21.3 Å². The monoisotopic (exact) mass is 261 g/mol. The molecule has 1 aliphatic rings. The van der Waals surface area contributed by atoms with Gasteiger partial charge in [0.2, 0.25) is 0 Å². The van der Waals surface area contributed by atoms with Crippen molar-refractivity contribution in [2.45, 2.75) is 64.5 Å². The van der Waals surface area contributed by atoms with Crippen molar-refractivity contribution in [3.05, 3.63) is 29.8 Å². The lowest BCUT2D eigenvalue weighted by Gasteiger charge is -2.27. The summed E-state index contributed by atoms with van der Waals surface area (Å²) in [4.78, 5) is 0. The van der Waals surface area contributed by atoms with E-state index in [1.165, 1.54) is 37.7 Å². The van der Waals surface area contributed by atoms with Crippen molar-refractivity contribution in [1.29, 1.82) is 0 Å². The molecule has 0 heterocycles. The molecule has 2 rings (SSSR count). The molecule has 0 radical (unpaired) electrons. The van der Waals surface area contributed by atoms with Crippen molar-refractivity contribution in [2.24, 2.45) is 0 Å². The number of ether oxygens (including phenoxy) is 1. The Morgan fingerprint density at radius 1 is 1.16 bits per heavy atom. The lowest BCUT2D eigenvalue weighted by molar-refractivity contribution is 0.145. The van der Waals surface area contributed by atoms with Crippen LogP contribution in [-0.2, 0) is 6.42 Å². The summed E-state index contributed by atoms with van der Waals surface area (Å²) >= 11 is 0. The van der Waals surface area contributed by atoms with Crippen LogP contribution in [0.3, 0.4) is 0 Å². The molecule has 0 bridgehead atoms. The summed E-state index contributed by atoms with van der Waals surface area (Å²) in [5.74, 6) is 1.04. The average molecular weight is 261 g/mol. The van der Waals surface area contributed by atoms with Crippen molar-refractivity contribution in [3.8, 4) is 5.75 Å². The fourth-order valence-corrected chi connectivity index (χ4v) is 2.92. The second kappa shape index (κ2) is 7.54. The molecule has 1 aromatic rings. The van der Waals surface area contributed by atoms with E-state index >= 15 is 0 Å². The molecule has 1 aliphatic carbocycles. The Bertz CT molecular complexity index is 377. The normalized spacial score (nSPS) is 23.9. The molecular formula is C17H27NO. The molecule has 2 nitrogen and oxygen atoms in total. The van der Waals surface area contributed by atoms with Crippen molar-refractivity contribution < 1.29 is 4.74 Å². The minimum atomic E-state index is 0.328. The summed E-state index contributed by atoms with van der Waals surface area (Å²) < 4.78 is 6.28. The predicted molar refractivity (Wildman–Crippen MR) is 80.8 cm³/mol. The average Bonchev–Trinajstić information content (AvgIpc) is 2.65. The first-order valence-corrected chi connectivity index (χ1v) is 7.82. The molecule has 1 fully saturated rings. The fraction of sp³-hybridized carbons (Fsp3) is 0.647. The Kier molecular flexibility index (Phi) is 5.71. The molecular weight excluding hydrogens is 234 g/mol. The maximum atomic E-state index is 6.28. The van der Waals surface area contributed by atoms with E-state index in [0.717, 1.165) is 18.7 Å². The van der Waals surface area contributed by atoms with Gasteiger partial charge in [0.25, 0.3) is 0 Å². The number of hydrogen-bond donors (Lipinski definition) is 1. The van der Waals surface area contributed by atoms with Crippen LogP contribution in [0.4, 0.5) is 0 Å². The SMILES string of the molecule is CCNC1CCCCCC1Oc1cccc(CC)c1. The van der Waals surface area contributed by atoms with E-state index in [9.17, 15) is 0 Å². The number of nitrogens with one attached hydrogen (secondary N) is 1. The summed E-state index contributed by atoms with van der Waals surface area (Å²) in [6.45, 7) is 5.39. The van der Waals surface area contributed by atoms with Crippen LogP contribution in [-0.4, -0.2) is 18.7 Å². The third-order valence-electron chi connectivity index (χ3n) is 4.01. The Morgan fingerprint density at radius 2 is 2.00 bits per heavy atom. The number of hydrogen-bond acceptors (Lipinski definition) is 2. The zero-order chi connectivity index (χ0) is 13.5. The molecule has 1 N–H and O–H groups in total. The van der Waals surface area contributed by atoms with E-state index in [1.54, 1.807) is 0 Å². The molecule has 2 atom stereocenters. The molecule has 1 saturated carbocycles. The van der Waals surface area contributed by atoms with Gasteiger partial charge in [0.15, 0.2) is 0 Å². The van der Waals surface area contributed by atoms with Crippen LogP contribution in [0.5, 0.6) is 5.75 Å². The minimum absolute atomic E-state index is 0.328. The molecule has 2 heteroatoms. The van der Waals surface area contributed by atoms with Crippen LogP contribution >= 0.6 is 0 Å². The summed E-state index contributed by atoms with van der Waals surface area (Å²) in [5.41, 5.74) is 1.35. The van der Waals surface area contributed by atoms with Crippen LogP contribution in [0.2, 0.25) is 0 Å². The van der Waals surface area contributed by atoms with Crippen LogP contribution in [0.25, 0.3) is 0 Å². The van der Waals surface area contributed by atoms with Gasteiger partial charge in [0, 0.05) is 6.04 Å². The molecule has 0 amide bonds. The van der Waals surface area contributed by atoms with Crippen molar-refractivity contribution in [2.75, 3.05) is 6.54 Å². The van der Waals surface area contributed by atoms with E-state index in [1.807, 2.05) is 0 Å². The first kappa shape index (κ1) is 14.4. The number of likely N-dealkylation sites (N-methyl/N-ethyl adjacent to an activating group) is 1. The maximum Gasteiger partial charge on any atom is 0.120 e. The molecule has 0 aromatic heterocycles. The standard InChI is InChI=1S/C17H27NO/c1-3-14-9-8-10-15(13-14)19-17-12-7-5-6-11-16(17)18-4-2/h8-10,13,16-18H,3-7,11-12H2,1-2H3. The van der Waals surface area contributed by atoms with Gasteiger partial charge in [0.05, 0.1) is 0 Å². The quantitative estimate of drug-likeness (QED) is 0.811. The van der Waals surface area contributed by atoms with E-state index < -0.39 is 0 Å². The second-order valence-electron chi connectivity index (χ2n) is 5.46. The van der Waals surface area contributed by atoms with Crippen LogP contribution < -0.4 is 10.1 Å². The predicted octanol–water partition coefficient (Wildman–Crippen LogP) is 3.94. The Labute approximate surface area is 117 Å². The first-order valence-electron chi connectivity index (χ1n) is 7.82. The molecule has 0 saturated heterocycles. The van der Waals surface area contributed by atoms with Crippen molar-refractivity contribution in [3.63, 3.8) is 0 Å². The largest absolute Gasteiger partial charge is 0.489 e. The summed E-state index contributed by atoms with van der Waals surface area (Å²) in [6, 6.07) is 9.06. The van der Waals surface area contributed by atoms with Gasteiger partial charge in [-0.3, -0.25) is 0 Å². The zero-order valence-corrected chi connectivity index (χ0v) is 12.3. The Balaban J connectivity index is 2.04. The van der Waals surface area contributed by atoms with Gasteiger partial charge in [-0.25, -0.2) is 0 Å². The van der Waals surface area contributed by atoms with Gasteiger partial charge in [-0.05, 0) is 49.9 Å². The highest BCUT2D eigenvalue weighted by molar-refractivity contribution is 5.28. The van der Waals surface area contributed by atoms with Gasteiger partial charge >= 0.3 is 0 Å². The second-order valence-corrected chi connectivity index (χ2v) is 5.46. The summed E-state index contributed by atoms with van der Waals surface area (Å²) in [6.07, 6.45) is 7.77. The molecule has 2 unspecified atom stereocenters. The fourth-order valence-electron chi connectivity index (χ4n) is 2.92. The molecule has 0 spiro atoms. The van der Waals surface area contributed by atoms with Gasteiger partial charge < -0.3 is 10.1 Å². The number of benzene rings is 1. The van der Waals surface area contributed by atoms with E-state index in [-0.39, 0.29) is 0 Å².